The Morgan fingerprint density at radius 3 is 2.50 bits per heavy atom. The predicted molar refractivity (Wildman–Crippen MR) is 102 cm³/mol. The van der Waals surface area contributed by atoms with E-state index in [2.05, 4.69) is 0 Å². The molecule has 26 heavy (non-hydrogen) atoms. The Morgan fingerprint density at radius 2 is 1.65 bits per heavy atom. The largest absolute Gasteiger partial charge is 0.488 e. The Kier molecular flexibility index (Phi) is 4.59. The van der Waals surface area contributed by atoms with Crippen molar-refractivity contribution in [3.8, 4) is 5.75 Å². The maximum atomic E-state index is 13.8. The van der Waals surface area contributed by atoms with Gasteiger partial charge < -0.3 is 4.74 Å². The van der Waals surface area contributed by atoms with Crippen LogP contribution < -0.4 is 4.74 Å². The lowest BCUT2D eigenvalue weighted by molar-refractivity contribution is 0.104. The average Bonchev–Trinajstić information content (AvgIpc) is 2.98. The second kappa shape index (κ2) is 7.18. The van der Waals surface area contributed by atoms with E-state index in [9.17, 15) is 9.18 Å². The van der Waals surface area contributed by atoms with Crippen LogP contribution in [-0.4, -0.2) is 5.78 Å². The first kappa shape index (κ1) is 16.6. The fourth-order valence-corrected chi connectivity index (χ4v) is 3.82. The zero-order valence-electron chi connectivity index (χ0n) is 13.8. The van der Waals surface area contributed by atoms with Crippen LogP contribution in [0.1, 0.15) is 21.5 Å². The van der Waals surface area contributed by atoms with Gasteiger partial charge in [0.25, 0.3) is 0 Å². The topological polar surface area (TPSA) is 26.3 Å². The minimum Gasteiger partial charge on any atom is -0.488 e. The van der Waals surface area contributed by atoms with Crippen molar-refractivity contribution in [1.29, 1.82) is 0 Å². The van der Waals surface area contributed by atoms with Gasteiger partial charge in [-0.15, -0.1) is 0 Å². The molecular weight excluding hydrogens is 347 g/mol. The number of fused-ring (bicyclic) bond motifs is 1. The Labute approximate surface area is 155 Å². The molecule has 1 heterocycles. The molecule has 0 bridgehead atoms. The van der Waals surface area contributed by atoms with E-state index in [-0.39, 0.29) is 18.2 Å². The van der Waals surface area contributed by atoms with Crippen molar-refractivity contribution in [3.05, 3.63) is 100 Å². The Hall–Kier alpha value is -2.85. The molecule has 128 valence electrons. The zero-order valence-corrected chi connectivity index (χ0v) is 14.6. The third-order valence-electron chi connectivity index (χ3n) is 4.12. The number of benzene rings is 3. The third kappa shape index (κ3) is 3.28. The minimum absolute atomic E-state index is 0.0227. The molecule has 0 saturated heterocycles. The van der Waals surface area contributed by atoms with Gasteiger partial charge in [0.1, 0.15) is 18.2 Å². The standard InChI is InChI=1S/C22H15FO2S/c23-18-10-4-1-8-16(18)14-25-19-11-5-2-7-15(19)13-21-22(24)17-9-3-6-12-20(17)26-21/h1-13H,14H2/b21-13-. The molecule has 0 N–H and O–H groups in total. The summed E-state index contributed by atoms with van der Waals surface area (Å²) >= 11 is 1.46. The average molecular weight is 362 g/mol. The van der Waals surface area contributed by atoms with E-state index in [4.69, 9.17) is 4.74 Å². The molecule has 0 spiro atoms. The lowest BCUT2D eigenvalue weighted by atomic mass is 10.1. The first-order valence-electron chi connectivity index (χ1n) is 8.21. The number of hydrogen-bond acceptors (Lipinski definition) is 3. The number of rotatable bonds is 4. The maximum absolute atomic E-state index is 13.8. The molecule has 0 atom stereocenters. The van der Waals surface area contributed by atoms with Crippen LogP contribution in [0.25, 0.3) is 6.08 Å². The van der Waals surface area contributed by atoms with Crippen LogP contribution in [0.15, 0.2) is 82.6 Å². The lowest BCUT2D eigenvalue weighted by Gasteiger charge is -2.10. The fraction of sp³-hybridized carbons (Fsp3) is 0.0455. The van der Waals surface area contributed by atoms with Gasteiger partial charge in [-0.25, -0.2) is 4.39 Å². The van der Waals surface area contributed by atoms with Gasteiger partial charge in [0.2, 0.25) is 5.78 Å². The summed E-state index contributed by atoms with van der Waals surface area (Å²) in [5.74, 6) is 0.349. The van der Waals surface area contributed by atoms with Crippen molar-refractivity contribution in [3.63, 3.8) is 0 Å². The summed E-state index contributed by atoms with van der Waals surface area (Å²) < 4.78 is 19.6. The molecule has 0 aromatic heterocycles. The Bertz CT molecular complexity index is 1010. The van der Waals surface area contributed by atoms with E-state index in [1.54, 1.807) is 18.2 Å². The van der Waals surface area contributed by atoms with Gasteiger partial charge in [0, 0.05) is 21.6 Å². The van der Waals surface area contributed by atoms with E-state index < -0.39 is 0 Å². The second-order valence-corrected chi connectivity index (χ2v) is 6.94. The minimum atomic E-state index is -0.291. The summed E-state index contributed by atoms with van der Waals surface area (Å²) in [5.41, 5.74) is 2.02. The van der Waals surface area contributed by atoms with Crippen LogP contribution in [0.5, 0.6) is 5.75 Å². The van der Waals surface area contributed by atoms with Crippen LogP contribution >= 0.6 is 11.8 Å². The monoisotopic (exact) mass is 362 g/mol. The van der Waals surface area contributed by atoms with E-state index in [0.29, 0.717) is 16.2 Å². The molecule has 0 saturated carbocycles. The van der Waals surface area contributed by atoms with Gasteiger partial charge in [-0.2, -0.15) is 0 Å². The van der Waals surface area contributed by atoms with Crippen LogP contribution in [0.2, 0.25) is 0 Å². The first-order valence-corrected chi connectivity index (χ1v) is 9.02. The lowest BCUT2D eigenvalue weighted by Crippen LogP contribution is -2.00. The van der Waals surface area contributed by atoms with E-state index in [1.807, 2.05) is 54.6 Å². The van der Waals surface area contributed by atoms with Gasteiger partial charge in [-0.3, -0.25) is 4.79 Å². The fourth-order valence-electron chi connectivity index (χ4n) is 2.78. The normalized spacial score (nSPS) is 14.5. The number of Topliss-reactive ketones (excluding diaryl/α,β-unsaturated/α-hetero) is 1. The number of carbonyl (C=O) groups excluding carboxylic acids is 1. The highest BCUT2D eigenvalue weighted by Gasteiger charge is 2.25. The molecule has 0 unspecified atom stereocenters. The summed E-state index contributed by atoms with van der Waals surface area (Å²) in [6.45, 7) is 0.133. The predicted octanol–water partition coefficient (Wildman–Crippen LogP) is 5.73. The van der Waals surface area contributed by atoms with Gasteiger partial charge in [-0.1, -0.05) is 60.3 Å². The van der Waals surface area contributed by atoms with Crippen LogP contribution in [0.4, 0.5) is 4.39 Å². The molecule has 0 fully saturated rings. The molecule has 1 aliphatic rings. The molecule has 2 nitrogen and oxygen atoms in total. The summed E-state index contributed by atoms with van der Waals surface area (Å²) in [6, 6.07) is 21.6. The summed E-state index contributed by atoms with van der Waals surface area (Å²) in [4.78, 5) is 14.2. The number of ether oxygens (including phenoxy) is 1. The number of allylic oxidation sites excluding steroid dienone is 1. The Balaban J connectivity index is 1.59. The molecule has 4 rings (SSSR count). The first-order chi connectivity index (χ1) is 12.7. The van der Waals surface area contributed by atoms with Crippen molar-refractivity contribution < 1.29 is 13.9 Å². The molecule has 1 aliphatic heterocycles. The van der Waals surface area contributed by atoms with Crippen molar-refractivity contribution >= 4 is 23.6 Å². The highest BCUT2D eigenvalue weighted by molar-refractivity contribution is 8.04. The summed E-state index contributed by atoms with van der Waals surface area (Å²) in [7, 11) is 0. The molecule has 0 radical (unpaired) electrons. The quantitative estimate of drug-likeness (QED) is 0.554. The van der Waals surface area contributed by atoms with Crippen molar-refractivity contribution in [1.82, 2.24) is 0 Å². The van der Waals surface area contributed by atoms with Crippen molar-refractivity contribution in [2.24, 2.45) is 0 Å². The number of halogens is 1. The molecule has 0 aliphatic carbocycles. The number of carbonyl (C=O) groups is 1. The van der Waals surface area contributed by atoms with Gasteiger partial charge in [-0.05, 0) is 30.3 Å². The second-order valence-electron chi connectivity index (χ2n) is 5.85. The van der Waals surface area contributed by atoms with Crippen molar-refractivity contribution in [2.75, 3.05) is 0 Å². The number of thioether (sulfide) groups is 1. The van der Waals surface area contributed by atoms with Crippen LogP contribution in [0.3, 0.4) is 0 Å². The van der Waals surface area contributed by atoms with Gasteiger partial charge in [0.15, 0.2) is 0 Å². The number of ketones is 1. The van der Waals surface area contributed by atoms with E-state index in [1.165, 1.54) is 17.8 Å². The Morgan fingerprint density at radius 1 is 0.923 bits per heavy atom. The van der Waals surface area contributed by atoms with Gasteiger partial charge in [0.05, 0.1) is 4.91 Å². The van der Waals surface area contributed by atoms with E-state index >= 15 is 0 Å². The molecule has 3 aromatic carbocycles. The highest BCUT2D eigenvalue weighted by Crippen LogP contribution is 2.41. The molecule has 3 aromatic rings. The molecular formula is C22H15FO2S. The summed E-state index contributed by atoms with van der Waals surface area (Å²) in [6.07, 6.45) is 1.84. The summed E-state index contributed by atoms with van der Waals surface area (Å²) in [5, 5.41) is 0. The third-order valence-corrected chi connectivity index (χ3v) is 5.22. The van der Waals surface area contributed by atoms with Crippen LogP contribution in [-0.2, 0) is 6.61 Å². The number of para-hydroxylation sites is 1. The highest BCUT2D eigenvalue weighted by atomic mass is 32.2. The van der Waals surface area contributed by atoms with Crippen molar-refractivity contribution in [2.45, 2.75) is 11.5 Å². The zero-order chi connectivity index (χ0) is 17.9. The number of hydrogen-bond donors (Lipinski definition) is 0. The van der Waals surface area contributed by atoms with E-state index in [0.717, 1.165) is 16.0 Å². The smallest absolute Gasteiger partial charge is 0.200 e. The maximum Gasteiger partial charge on any atom is 0.200 e. The SMILES string of the molecule is O=C1/C(=C/c2ccccc2OCc2ccccc2F)Sc2ccccc21. The van der Waals surface area contributed by atoms with Crippen LogP contribution in [0, 0.1) is 5.82 Å². The molecule has 0 amide bonds. The van der Waals surface area contributed by atoms with Gasteiger partial charge >= 0.3 is 0 Å². The molecule has 4 heteroatoms.